The van der Waals surface area contributed by atoms with Crippen LogP contribution in [0.2, 0.25) is 0 Å². The molecule has 0 bridgehead atoms. The zero-order valence-corrected chi connectivity index (χ0v) is 11.2. The van der Waals surface area contributed by atoms with Crippen LogP contribution in [0, 0.1) is 12.8 Å². The zero-order valence-electron chi connectivity index (χ0n) is 11.2. The average Bonchev–Trinajstić information content (AvgIpc) is 3.22. The molecule has 2 fully saturated rings. The van der Waals surface area contributed by atoms with E-state index < -0.39 is 5.97 Å². The number of aryl methyl sites for hydroxylation is 1. The van der Waals surface area contributed by atoms with E-state index in [1.807, 2.05) is 13.0 Å². The Labute approximate surface area is 112 Å². The summed E-state index contributed by atoms with van der Waals surface area (Å²) in [5.41, 5.74) is 0.976. The maximum Gasteiger partial charge on any atom is 0.308 e. The first kappa shape index (κ1) is 12.4. The van der Waals surface area contributed by atoms with E-state index in [2.05, 4.69) is 14.9 Å². The number of aromatic nitrogens is 2. The molecule has 1 aliphatic carbocycles. The van der Waals surface area contributed by atoms with Crippen molar-refractivity contribution in [2.75, 3.05) is 18.0 Å². The van der Waals surface area contributed by atoms with E-state index in [0.29, 0.717) is 12.5 Å². The van der Waals surface area contributed by atoms with Crippen LogP contribution in [0.25, 0.3) is 0 Å². The van der Waals surface area contributed by atoms with Crippen LogP contribution in [0.5, 0.6) is 0 Å². The molecule has 3 rings (SSSR count). The van der Waals surface area contributed by atoms with Crippen molar-refractivity contribution in [3.63, 3.8) is 0 Å². The summed E-state index contributed by atoms with van der Waals surface area (Å²) in [5.74, 6) is 1.40. The second-order valence-corrected chi connectivity index (χ2v) is 5.62. The SMILES string of the molecule is Cc1cc(N2CCCC(C(=O)O)C2)nc(C2CC2)n1. The first-order chi connectivity index (χ1) is 9.13. The topological polar surface area (TPSA) is 66.3 Å². The second-order valence-electron chi connectivity index (χ2n) is 5.62. The van der Waals surface area contributed by atoms with Crippen LogP contribution in [-0.2, 0) is 4.79 Å². The minimum atomic E-state index is -0.696. The number of aliphatic carboxylic acids is 1. The van der Waals surface area contributed by atoms with Gasteiger partial charge in [0.25, 0.3) is 0 Å². The first-order valence-electron chi connectivity index (χ1n) is 6.97. The number of carboxylic acids is 1. The molecule has 1 N–H and O–H groups in total. The molecule has 2 aliphatic rings. The van der Waals surface area contributed by atoms with Crippen LogP contribution in [-0.4, -0.2) is 34.1 Å². The van der Waals surface area contributed by atoms with Crippen LogP contribution in [0.4, 0.5) is 5.82 Å². The molecule has 5 heteroatoms. The number of nitrogens with zero attached hydrogens (tertiary/aromatic N) is 3. The van der Waals surface area contributed by atoms with Gasteiger partial charge in [0.05, 0.1) is 5.92 Å². The number of hydrogen-bond acceptors (Lipinski definition) is 4. The summed E-state index contributed by atoms with van der Waals surface area (Å²) in [6, 6.07) is 1.97. The highest BCUT2D eigenvalue weighted by Gasteiger charge is 2.29. The van der Waals surface area contributed by atoms with Crippen LogP contribution >= 0.6 is 0 Å². The maximum atomic E-state index is 11.1. The normalized spacial score (nSPS) is 23.4. The van der Waals surface area contributed by atoms with Gasteiger partial charge in [-0.15, -0.1) is 0 Å². The van der Waals surface area contributed by atoms with Gasteiger partial charge in [-0.3, -0.25) is 4.79 Å². The third-order valence-electron chi connectivity index (χ3n) is 3.90. The number of hydrogen-bond donors (Lipinski definition) is 1. The second kappa shape index (κ2) is 4.79. The Balaban J connectivity index is 1.82. The van der Waals surface area contributed by atoms with E-state index >= 15 is 0 Å². The van der Waals surface area contributed by atoms with Gasteiger partial charge in [0.1, 0.15) is 11.6 Å². The Morgan fingerprint density at radius 2 is 2.16 bits per heavy atom. The Bertz CT molecular complexity index is 499. The molecule has 1 aliphatic heterocycles. The fourth-order valence-corrected chi connectivity index (χ4v) is 2.65. The fourth-order valence-electron chi connectivity index (χ4n) is 2.65. The van der Waals surface area contributed by atoms with Crippen molar-refractivity contribution in [2.45, 2.75) is 38.5 Å². The summed E-state index contributed by atoms with van der Waals surface area (Å²) < 4.78 is 0. The van der Waals surface area contributed by atoms with Gasteiger partial charge in [-0.05, 0) is 32.6 Å². The third-order valence-corrected chi connectivity index (χ3v) is 3.90. The van der Waals surface area contributed by atoms with Crippen molar-refractivity contribution >= 4 is 11.8 Å². The molecule has 19 heavy (non-hydrogen) atoms. The van der Waals surface area contributed by atoms with Crippen molar-refractivity contribution < 1.29 is 9.90 Å². The minimum absolute atomic E-state index is 0.270. The summed E-state index contributed by atoms with van der Waals surface area (Å²) >= 11 is 0. The molecule has 5 nitrogen and oxygen atoms in total. The van der Waals surface area contributed by atoms with Gasteiger partial charge in [0.15, 0.2) is 0 Å². The molecular formula is C14H19N3O2. The van der Waals surface area contributed by atoms with Gasteiger partial charge in [-0.25, -0.2) is 9.97 Å². The quantitative estimate of drug-likeness (QED) is 0.901. The van der Waals surface area contributed by atoms with Crippen LogP contribution in [0.3, 0.4) is 0 Å². The molecule has 2 heterocycles. The van der Waals surface area contributed by atoms with Crippen LogP contribution < -0.4 is 4.90 Å². The largest absolute Gasteiger partial charge is 0.481 e. The van der Waals surface area contributed by atoms with Gasteiger partial charge in [-0.2, -0.15) is 0 Å². The molecule has 1 saturated heterocycles. The molecule has 1 saturated carbocycles. The monoisotopic (exact) mass is 261 g/mol. The number of piperidine rings is 1. The summed E-state index contributed by atoms with van der Waals surface area (Å²) in [4.78, 5) is 22.3. The lowest BCUT2D eigenvalue weighted by molar-refractivity contribution is -0.141. The van der Waals surface area contributed by atoms with Crippen molar-refractivity contribution in [3.8, 4) is 0 Å². The number of anilines is 1. The smallest absolute Gasteiger partial charge is 0.308 e. The third kappa shape index (κ3) is 2.69. The van der Waals surface area contributed by atoms with Gasteiger partial charge in [0.2, 0.25) is 0 Å². The number of carboxylic acid groups (broad SMARTS) is 1. The summed E-state index contributed by atoms with van der Waals surface area (Å²) in [5, 5.41) is 9.15. The van der Waals surface area contributed by atoms with Crippen molar-refractivity contribution in [2.24, 2.45) is 5.92 Å². The van der Waals surface area contributed by atoms with E-state index in [9.17, 15) is 4.79 Å². The Morgan fingerprint density at radius 3 is 2.84 bits per heavy atom. The summed E-state index contributed by atoms with van der Waals surface area (Å²) in [6.45, 7) is 3.44. The standard InChI is InChI=1S/C14H19N3O2/c1-9-7-12(16-13(15-9)10-4-5-10)17-6-2-3-11(8-17)14(18)19/h7,10-11H,2-6,8H2,1H3,(H,18,19). The van der Waals surface area contributed by atoms with E-state index in [1.165, 1.54) is 12.8 Å². The lowest BCUT2D eigenvalue weighted by Gasteiger charge is -2.31. The molecule has 1 aromatic heterocycles. The highest BCUT2D eigenvalue weighted by atomic mass is 16.4. The van der Waals surface area contributed by atoms with E-state index in [1.54, 1.807) is 0 Å². The van der Waals surface area contributed by atoms with Crippen molar-refractivity contribution in [1.29, 1.82) is 0 Å². The van der Waals surface area contributed by atoms with Crippen LogP contribution in [0.1, 0.15) is 43.1 Å². The molecule has 1 aromatic rings. The minimum Gasteiger partial charge on any atom is -0.481 e. The van der Waals surface area contributed by atoms with Crippen molar-refractivity contribution in [3.05, 3.63) is 17.6 Å². The average molecular weight is 261 g/mol. The van der Waals surface area contributed by atoms with Gasteiger partial charge in [0, 0.05) is 30.8 Å². The fraction of sp³-hybridized carbons (Fsp3) is 0.643. The molecule has 0 spiro atoms. The molecule has 0 aromatic carbocycles. The lowest BCUT2D eigenvalue weighted by Crippen LogP contribution is -2.39. The summed E-state index contributed by atoms with van der Waals surface area (Å²) in [6.07, 6.45) is 4.05. The summed E-state index contributed by atoms with van der Waals surface area (Å²) in [7, 11) is 0. The molecule has 1 unspecified atom stereocenters. The highest BCUT2D eigenvalue weighted by Crippen LogP contribution is 2.38. The molecule has 1 atom stereocenters. The van der Waals surface area contributed by atoms with E-state index in [4.69, 9.17) is 5.11 Å². The predicted molar refractivity (Wildman–Crippen MR) is 71.3 cm³/mol. The molecular weight excluding hydrogens is 242 g/mol. The van der Waals surface area contributed by atoms with E-state index in [0.717, 1.165) is 36.7 Å². The molecule has 0 radical (unpaired) electrons. The lowest BCUT2D eigenvalue weighted by atomic mass is 9.98. The first-order valence-corrected chi connectivity index (χ1v) is 6.97. The number of rotatable bonds is 3. The number of carbonyl (C=O) groups is 1. The van der Waals surface area contributed by atoms with Crippen molar-refractivity contribution in [1.82, 2.24) is 9.97 Å². The molecule has 0 amide bonds. The van der Waals surface area contributed by atoms with Gasteiger partial charge in [-0.1, -0.05) is 0 Å². The predicted octanol–water partition coefficient (Wildman–Crippen LogP) is 1.96. The Kier molecular flexibility index (Phi) is 3.12. The van der Waals surface area contributed by atoms with E-state index in [-0.39, 0.29) is 5.92 Å². The zero-order chi connectivity index (χ0) is 13.4. The maximum absolute atomic E-state index is 11.1. The molecule has 102 valence electrons. The highest BCUT2D eigenvalue weighted by molar-refractivity contribution is 5.71. The van der Waals surface area contributed by atoms with Crippen LogP contribution in [0.15, 0.2) is 6.07 Å². The van der Waals surface area contributed by atoms with Gasteiger partial charge >= 0.3 is 5.97 Å². The van der Waals surface area contributed by atoms with Gasteiger partial charge < -0.3 is 10.0 Å². The Hall–Kier alpha value is -1.65. The Morgan fingerprint density at radius 1 is 1.37 bits per heavy atom.